The number of hydrogen-bond acceptors (Lipinski definition) is 5. The number of nitrogens with zero attached hydrogens (tertiary/aromatic N) is 3. The predicted molar refractivity (Wildman–Crippen MR) is 98.3 cm³/mol. The van der Waals surface area contributed by atoms with Gasteiger partial charge in [0.05, 0.1) is 11.1 Å². The van der Waals surface area contributed by atoms with E-state index in [4.69, 9.17) is 0 Å². The largest absolute Gasteiger partial charge is 0.372 e. The van der Waals surface area contributed by atoms with Gasteiger partial charge in [0.1, 0.15) is 5.69 Å². The quantitative estimate of drug-likeness (QED) is 0.497. The summed E-state index contributed by atoms with van der Waals surface area (Å²) >= 11 is 0. The molecule has 0 heterocycles. The number of aryl methyl sites for hydroxylation is 1. The summed E-state index contributed by atoms with van der Waals surface area (Å²) < 4.78 is 0. The molecule has 0 aliphatic carbocycles. The van der Waals surface area contributed by atoms with Crippen molar-refractivity contribution >= 4 is 23.5 Å². The molecule has 25 heavy (non-hydrogen) atoms. The van der Waals surface area contributed by atoms with Gasteiger partial charge in [-0.15, -0.1) is 0 Å². The molecule has 0 aromatic heterocycles. The molecule has 0 spiro atoms. The van der Waals surface area contributed by atoms with E-state index in [-0.39, 0.29) is 11.6 Å². The van der Waals surface area contributed by atoms with E-state index >= 15 is 0 Å². The zero-order valence-corrected chi connectivity index (χ0v) is 14.4. The number of benzene rings is 2. The molecule has 1 N–H and O–H groups in total. The number of nitrogens with one attached hydrogen (secondary N) is 1. The van der Waals surface area contributed by atoms with Crippen LogP contribution >= 0.6 is 0 Å². The van der Waals surface area contributed by atoms with Crippen molar-refractivity contribution in [3.05, 3.63) is 69.3 Å². The van der Waals surface area contributed by atoms with E-state index in [1.54, 1.807) is 43.3 Å². The molecule has 2 aromatic carbocycles. The highest BCUT2D eigenvalue weighted by Gasteiger charge is 2.15. The molecule has 0 bridgehead atoms. The zero-order chi connectivity index (χ0) is 18.4. The van der Waals surface area contributed by atoms with Crippen molar-refractivity contribution in [3.63, 3.8) is 0 Å². The van der Waals surface area contributed by atoms with Crippen molar-refractivity contribution in [2.45, 2.75) is 13.3 Å². The van der Waals surface area contributed by atoms with Gasteiger partial charge < -0.3 is 4.90 Å². The van der Waals surface area contributed by atoms with E-state index in [9.17, 15) is 14.9 Å². The smallest absolute Gasteiger partial charge is 0.293 e. The zero-order valence-electron chi connectivity index (χ0n) is 14.4. The Kier molecular flexibility index (Phi) is 5.84. The van der Waals surface area contributed by atoms with Crippen molar-refractivity contribution < 1.29 is 9.72 Å². The van der Waals surface area contributed by atoms with Crippen LogP contribution in [0.1, 0.15) is 28.4 Å². The average Bonchev–Trinajstić information content (AvgIpc) is 2.61. The molecule has 7 heteroatoms. The molecule has 2 aromatic rings. The molecule has 0 aliphatic heterocycles. The number of nitro benzene ring substituents is 1. The third-order valence-corrected chi connectivity index (χ3v) is 3.68. The molecule has 130 valence electrons. The Morgan fingerprint density at radius 1 is 1.24 bits per heavy atom. The number of nitro groups is 1. The fourth-order valence-corrected chi connectivity index (χ4v) is 2.27. The summed E-state index contributed by atoms with van der Waals surface area (Å²) in [5.74, 6) is -0.335. The van der Waals surface area contributed by atoms with Crippen molar-refractivity contribution in [2.75, 3.05) is 19.0 Å². The minimum absolute atomic E-state index is 0.0181. The second-order valence-corrected chi connectivity index (χ2v) is 5.65. The summed E-state index contributed by atoms with van der Waals surface area (Å²) in [4.78, 5) is 24.4. The topological polar surface area (TPSA) is 87.8 Å². The lowest BCUT2D eigenvalue weighted by molar-refractivity contribution is -0.384. The van der Waals surface area contributed by atoms with Crippen LogP contribution < -0.4 is 10.3 Å². The molecule has 0 atom stereocenters. The third kappa shape index (κ3) is 4.63. The fraction of sp³-hybridized carbons (Fsp3) is 0.222. The molecule has 0 fully saturated rings. The second kappa shape index (κ2) is 8.05. The number of carbonyl (C=O) groups is 1. The van der Waals surface area contributed by atoms with Crippen molar-refractivity contribution in [1.82, 2.24) is 5.43 Å². The highest BCUT2D eigenvalue weighted by molar-refractivity contribution is 5.95. The monoisotopic (exact) mass is 340 g/mol. The highest BCUT2D eigenvalue weighted by atomic mass is 16.6. The molecular weight excluding hydrogens is 320 g/mol. The van der Waals surface area contributed by atoms with Crippen LogP contribution in [-0.4, -0.2) is 31.1 Å². The predicted octanol–water partition coefficient (Wildman–Crippen LogP) is 2.99. The Morgan fingerprint density at radius 2 is 1.92 bits per heavy atom. The van der Waals surface area contributed by atoms with Gasteiger partial charge in [-0.25, -0.2) is 5.43 Å². The van der Waals surface area contributed by atoms with Crippen molar-refractivity contribution in [3.8, 4) is 0 Å². The summed E-state index contributed by atoms with van der Waals surface area (Å²) in [7, 11) is 3.47. The summed E-state index contributed by atoms with van der Waals surface area (Å²) in [6, 6.07) is 12.0. The SMILES string of the molecule is CCc1ccc(C(=O)N/N=C\c2ccc(N(C)C)c([N+](=O)[O-])c2)cc1. The van der Waals surface area contributed by atoms with Gasteiger partial charge in [0.25, 0.3) is 11.6 Å². The van der Waals surface area contributed by atoms with Gasteiger partial charge in [-0.05, 0) is 30.2 Å². The van der Waals surface area contributed by atoms with Crippen LogP contribution in [0.3, 0.4) is 0 Å². The molecule has 0 radical (unpaired) electrons. The summed E-state index contributed by atoms with van der Waals surface area (Å²) in [6.45, 7) is 2.04. The van der Waals surface area contributed by atoms with E-state index in [1.165, 1.54) is 12.3 Å². The number of hydrazone groups is 1. The van der Waals surface area contributed by atoms with Gasteiger partial charge in [-0.1, -0.05) is 25.1 Å². The molecule has 7 nitrogen and oxygen atoms in total. The molecule has 1 amide bonds. The van der Waals surface area contributed by atoms with E-state index in [0.29, 0.717) is 16.8 Å². The Labute approximate surface area is 146 Å². The molecular formula is C18H20N4O3. The number of hydrogen-bond donors (Lipinski definition) is 1. The average molecular weight is 340 g/mol. The number of carbonyl (C=O) groups excluding carboxylic acids is 1. The highest BCUT2D eigenvalue weighted by Crippen LogP contribution is 2.27. The lowest BCUT2D eigenvalue weighted by Gasteiger charge is -2.12. The van der Waals surface area contributed by atoms with Gasteiger partial charge in [0.2, 0.25) is 0 Å². The first-order chi connectivity index (χ1) is 11.9. The maximum Gasteiger partial charge on any atom is 0.293 e. The summed E-state index contributed by atoms with van der Waals surface area (Å²) in [5, 5.41) is 15.0. The summed E-state index contributed by atoms with van der Waals surface area (Å²) in [5.41, 5.74) is 5.08. The number of amides is 1. The maximum absolute atomic E-state index is 12.0. The van der Waals surface area contributed by atoms with Gasteiger partial charge in [-0.3, -0.25) is 14.9 Å². The van der Waals surface area contributed by atoms with Crippen LogP contribution in [0.5, 0.6) is 0 Å². The van der Waals surface area contributed by atoms with E-state index in [2.05, 4.69) is 10.5 Å². The second-order valence-electron chi connectivity index (χ2n) is 5.65. The van der Waals surface area contributed by atoms with Gasteiger partial charge in [0.15, 0.2) is 0 Å². The molecule has 0 saturated heterocycles. The van der Waals surface area contributed by atoms with Crippen LogP contribution in [0, 0.1) is 10.1 Å². The Balaban J connectivity index is 2.09. The number of rotatable bonds is 6. The maximum atomic E-state index is 12.0. The standard InChI is InChI=1S/C18H20N4O3/c1-4-13-5-8-15(9-6-13)18(23)20-19-12-14-7-10-16(21(2)3)17(11-14)22(24)25/h5-12H,4H2,1-3H3,(H,20,23)/b19-12-. The molecule has 0 unspecified atom stereocenters. The lowest BCUT2D eigenvalue weighted by atomic mass is 10.1. The first-order valence-electron chi connectivity index (χ1n) is 7.80. The third-order valence-electron chi connectivity index (χ3n) is 3.68. The minimum atomic E-state index is -0.444. The van der Waals surface area contributed by atoms with Crippen LogP contribution in [0.15, 0.2) is 47.6 Å². The van der Waals surface area contributed by atoms with Crippen LogP contribution in [-0.2, 0) is 6.42 Å². The van der Waals surface area contributed by atoms with Crippen LogP contribution in [0.2, 0.25) is 0 Å². The van der Waals surface area contributed by atoms with Crippen LogP contribution in [0.4, 0.5) is 11.4 Å². The van der Waals surface area contributed by atoms with E-state index < -0.39 is 4.92 Å². The first kappa shape index (κ1) is 18.1. The normalized spacial score (nSPS) is 10.7. The Bertz CT molecular complexity index is 798. The fourth-order valence-electron chi connectivity index (χ4n) is 2.27. The molecule has 0 aliphatic rings. The van der Waals surface area contributed by atoms with E-state index in [0.717, 1.165) is 12.0 Å². The number of anilines is 1. The van der Waals surface area contributed by atoms with Gasteiger partial charge in [0, 0.05) is 31.3 Å². The van der Waals surface area contributed by atoms with Crippen LogP contribution in [0.25, 0.3) is 0 Å². The Morgan fingerprint density at radius 3 is 2.48 bits per heavy atom. The lowest BCUT2D eigenvalue weighted by Crippen LogP contribution is -2.17. The van der Waals surface area contributed by atoms with E-state index in [1.807, 2.05) is 19.1 Å². The van der Waals surface area contributed by atoms with Crippen molar-refractivity contribution in [2.24, 2.45) is 5.10 Å². The molecule has 0 saturated carbocycles. The molecule has 2 rings (SSSR count). The first-order valence-corrected chi connectivity index (χ1v) is 7.80. The van der Waals surface area contributed by atoms with Crippen molar-refractivity contribution in [1.29, 1.82) is 0 Å². The van der Waals surface area contributed by atoms with Gasteiger partial charge >= 0.3 is 0 Å². The Hall–Kier alpha value is -3.22. The summed E-state index contributed by atoms with van der Waals surface area (Å²) in [6.07, 6.45) is 2.28. The minimum Gasteiger partial charge on any atom is -0.372 e. The van der Waals surface area contributed by atoms with Gasteiger partial charge in [-0.2, -0.15) is 5.10 Å².